The van der Waals surface area contributed by atoms with Gasteiger partial charge in [-0.25, -0.2) is 13.8 Å². The molecule has 8 heteroatoms. The first-order chi connectivity index (χ1) is 15.9. The van der Waals surface area contributed by atoms with Crippen LogP contribution < -0.4 is 4.74 Å². The van der Waals surface area contributed by atoms with Gasteiger partial charge in [-0.2, -0.15) is 0 Å². The van der Waals surface area contributed by atoms with Gasteiger partial charge in [0.2, 0.25) is 5.88 Å². The molecule has 1 aromatic heterocycles. The molecule has 0 amide bonds. The highest BCUT2D eigenvalue weighted by Gasteiger charge is 2.37. The van der Waals surface area contributed by atoms with Gasteiger partial charge in [0.05, 0.1) is 17.0 Å². The number of phenols is 1. The van der Waals surface area contributed by atoms with Crippen LogP contribution in [0.2, 0.25) is 0 Å². The Morgan fingerprint density at radius 1 is 1.09 bits per heavy atom. The number of aliphatic carboxylic acids is 1. The minimum absolute atomic E-state index is 0.00382. The molecule has 6 nitrogen and oxygen atoms in total. The standard InChI is InChI=1S/C25H23F2NO5/c26-18-5-4-14(12-19(18)27)21-17-2-1-3-20(29)22(17)24(33-16-10-15(11-16)25(30)31)28-23(21)13-6-8-32-9-7-13/h1-5,12-13,15-16,29H,6-11H2,(H,30,31)/t15-,16+. The number of aromatic hydroxyl groups is 1. The lowest BCUT2D eigenvalue weighted by molar-refractivity contribution is -0.148. The molecule has 0 radical (unpaired) electrons. The summed E-state index contributed by atoms with van der Waals surface area (Å²) in [6.07, 6.45) is 1.82. The summed E-state index contributed by atoms with van der Waals surface area (Å²) in [5.41, 5.74) is 1.75. The van der Waals surface area contributed by atoms with Gasteiger partial charge in [0.25, 0.3) is 0 Å². The number of rotatable bonds is 5. The van der Waals surface area contributed by atoms with Gasteiger partial charge in [-0.1, -0.05) is 18.2 Å². The molecule has 1 aliphatic heterocycles. The molecule has 0 bridgehead atoms. The number of phenolic OH excluding ortho intramolecular Hbond substituents is 1. The Balaban J connectivity index is 1.68. The molecule has 2 aromatic carbocycles. The van der Waals surface area contributed by atoms with Crippen molar-refractivity contribution in [1.29, 1.82) is 0 Å². The van der Waals surface area contributed by atoms with E-state index in [1.165, 1.54) is 12.1 Å². The molecular weight excluding hydrogens is 432 g/mol. The quantitative estimate of drug-likeness (QED) is 0.562. The molecule has 0 unspecified atom stereocenters. The van der Waals surface area contributed by atoms with E-state index in [0.29, 0.717) is 66.5 Å². The van der Waals surface area contributed by atoms with Crippen LogP contribution in [0.5, 0.6) is 11.6 Å². The second-order valence-electron chi connectivity index (χ2n) is 8.64. The number of hydrogen-bond donors (Lipinski definition) is 2. The maximum Gasteiger partial charge on any atom is 0.306 e. The van der Waals surface area contributed by atoms with Crippen LogP contribution in [0.3, 0.4) is 0 Å². The number of benzene rings is 2. The first kappa shape index (κ1) is 21.6. The highest BCUT2D eigenvalue weighted by Crippen LogP contribution is 2.45. The smallest absolute Gasteiger partial charge is 0.306 e. The molecule has 33 heavy (non-hydrogen) atoms. The maximum absolute atomic E-state index is 14.2. The van der Waals surface area contributed by atoms with E-state index in [1.54, 1.807) is 12.1 Å². The average Bonchev–Trinajstić information content (AvgIpc) is 2.78. The molecule has 2 fully saturated rings. The van der Waals surface area contributed by atoms with Gasteiger partial charge in [0.1, 0.15) is 11.9 Å². The predicted molar refractivity (Wildman–Crippen MR) is 116 cm³/mol. The summed E-state index contributed by atoms with van der Waals surface area (Å²) in [4.78, 5) is 16.0. The van der Waals surface area contributed by atoms with Gasteiger partial charge in [0, 0.05) is 30.1 Å². The van der Waals surface area contributed by atoms with Crippen LogP contribution >= 0.6 is 0 Å². The monoisotopic (exact) mass is 455 g/mol. The molecule has 2 aliphatic rings. The molecule has 1 saturated carbocycles. The van der Waals surface area contributed by atoms with Crippen molar-refractivity contribution < 1.29 is 33.3 Å². The molecule has 2 heterocycles. The number of carboxylic acid groups (broad SMARTS) is 1. The van der Waals surface area contributed by atoms with E-state index in [0.717, 1.165) is 12.1 Å². The molecule has 0 atom stereocenters. The predicted octanol–water partition coefficient (Wildman–Crippen LogP) is 5.02. The highest BCUT2D eigenvalue weighted by molar-refractivity contribution is 6.03. The molecular formula is C25H23F2NO5. The summed E-state index contributed by atoms with van der Waals surface area (Å²) in [5, 5.41) is 20.9. The van der Waals surface area contributed by atoms with Gasteiger partial charge in [-0.3, -0.25) is 4.79 Å². The lowest BCUT2D eigenvalue weighted by atomic mass is 9.82. The zero-order valence-electron chi connectivity index (χ0n) is 17.8. The minimum atomic E-state index is -0.965. The lowest BCUT2D eigenvalue weighted by Crippen LogP contribution is -2.38. The summed E-state index contributed by atoms with van der Waals surface area (Å²) >= 11 is 0. The van der Waals surface area contributed by atoms with Crippen molar-refractivity contribution in [1.82, 2.24) is 4.98 Å². The van der Waals surface area contributed by atoms with Crippen LogP contribution in [-0.2, 0) is 9.53 Å². The third-order valence-corrected chi connectivity index (χ3v) is 6.54. The summed E-state index contributed by atoms with van der Waals surface area (Å²) < 4.78 is 39.5. The number of pyridine rings is 1. The Kier molecular flexibility index (Phi) is 5.62. The zero-order chi connectivity index (χ0) is 23.1. The third kappa shape index (κ3) is 3.99. The Labute approximate surface area is 188 Å². The highest BCUT2D eigenvalue weighted by atomic mass is 19.2. The van der Waals surface area contributed by atoms with Crippen molar-refractivity contribution in [2.45, 2.75) is 37.7 Å². The summed E-state index contributed by atoms with van der Waals surface area (Å²) in [6.45, 7) is 1.11. The zero-order valence-corrected chi connectivity index (χ0v) is 17.8. The van der Waals surface area contributed by atoms with Crippen LogP contribution in [0, 0.1) is 17.6 Å². The van der Waals surface area contributed by atoms with E-state index < -0.39 is 23.5 Å². The molecule has 3 aromatic rings. The number of fused-ring (bicyclic) bond motifs is 1. The largest absolute Gasteiger partial charge is 0.507 e. The van der Waals surface area contributed by atoms with Gasteiger partial charge < -0.3 is 19.7 Å². The van der Waals surface area contributed by atoms with E-state index in [9.17, 15) is 23.8 Å². The maximum atomic E-state index is 14.2. The second-order valence-corrected chi connectivity index (χ2v) is 8.64. The summed E-state index contributed by atoms with van der Waals surface area (Å²) in [6, 6.07) is 8.72. The Hall–Kier alpha value is -3.26. The Bertz CT molecular complexity index is 1220. The minimum Gasteiger partial charge on any atom is -0.507 e. The summed E-state index contributed by atoms with van der Waals surface area (Å²) in [7, 11) is 0. The van der Waals surface area contributed by atoms with Crippen LogP contribution in [0.4, 0.5) is 8.78 Å². The van der Waals surface area contributed by atoms with Gasteiger partial charge in [-0.15, -0.1) is 0 Å². The third-order valence-electron chi connectivity index (χ3n) is 6.54. The van der Waals surface area contributed by atoms with E-state index in [4.69, 9.17) is 14.5 Å². The molecule has 172 valence electrons. The van der Waals surface area contributed by atoms with Crippen molar-refractivity contribution >= 4 is 16.7 Å². The van der Waals surface area contributed by atoms with Crippen LogP contribution in [-0.4, -0.2) is 40.5 Å². The van der Waals surface area contributed by atoms with Crippen LogP contribution in [0.1, 0.15) is 37.3 Å². The summed E-state index contributed by atoms with van der Waals surface area (Å²) in [5.74, 6) is -3.03. The molecule has 1 saturated heterocycles. The fraction of sp³-hybridized carbons (Fsp3) is 0.360. The molecule has 1 aliphatic carbocycles. The number of hydrogen-bond acceptors (Lipinski definition) is 5. The molecule has 5 rings (SSSR count). The topological polar surface area (TPSA) is 88.9 Å². The number of nitrogens with zero attached hydrogens (tertiary/aromatic N) is 1. The number of aromatic nitrogens is 1. The molecule has 0 spiro atoms. The Morgan fingerprint density at radius 3 is 2.55 bits per heavy atom. The van der Waals surface area contributed by atoms with E-state index in [2.05, 4.69) is 0 Å². The SMILES string of the molecule is O=C(O)[C@H]1C[C@@H](Oc2nc(C3CCOCC3)c(-c3ccc(F)c(F)c3)c3cccc(O)c23)C1. The normalized spacial score (nSPS) is 21.0. The van der Waals surface area contributed by atoms with E-state index >= 15 is 0 Å². The van der Waals surface area contributed by atoms with E-state index in [-0.39, 0.29) is 23.7 Å². The van der Waals surface area contributed by atoms with Crippen LogP contribution in [0.15, 0.2) is 36.4 Å². The second kappa shape index (κ2) is 8.59. The van der Waals surface area contributed by atoms with Gasteiger partial charge in [-0.05, 0) is 49.4 Å². The first-order valence-electron chi connectivity index (χ1n) is 11.0. The number of carboxylic acids is 1. The fourth-order valence-corrected chi connectivity index (χ4v) is 4.66. The number of ether oxygens (including phenoxy) is 2. The van der Waals surface area contributed by atoms with Gasteiger partial charge in [0.15, 0.2) is 11.6 Å². The number of halogens is 2. The molecule has 2 N–H and O–H groups in total. The average molecular weight is 455 g/mol. The van der Waals surface area contributed by atoms with Crippen molar-refractivity contribution in [2.24, 2.45) is 5.92 Å². The number of carbonyl (C=O) groups is 1. The van der Waals surface area contributed by atoms with Crippen molar-refractivity contribution in [3.63, 3.8) is 0 Å². The van der Waals surface area contributed by atoms with Crippen LogP contribution in [0.25, 0.3) is 21.9 Å². The van der Waals surface area contributed by atoms with Crippen molar-refractivity contribution in [3.8, 4) is 22.8 Å². The van der Waals surface area contributed by atoms with Crippen molar-refractivity contribution in [3.05, 3.63) is 53.7 Å². The lowest BCUT2D eigenvalue weighted by Gasteiger charge is -2.33. The van der Waals surface area contributed by atoms with E-state index in [1.807, 2.05) is 0 Å². The van der Waals surface area contributed by atoms with Gasteiger partial charge >= 0.3 is 5.97 Å². The van der Waals surface area contributed by atoms with Crippen molar-refractivity contribution in [2.75, 3.05) is 13.2 Å². The first-order valence-corrected chi connectivity index (χ1v) is 11.0. The fourth-order valence-electron chi connectivity index (χ4n) is 4.66. The Morgan fingerprint density at radius 2 is 1.85 bits per heavy atom.